The van der Waals surface area contributed by atoms with E-state index in [1.807, 2.05) is 60.7 Å². The summed E-state index contributed by atoms with van der Waals surface area (Å²) in [5, 5.41) is 2.72. The molecule has 2 rings (SSSR count). The van der Waals surface area contributed by atoms with Crippen molar-refractivity contribution >= 4 is 18.0 Å². The van der Waals surface area contributed by atoms with Gasteiger partial charge in [0.1, 0.15) is 6.04 Å². The molecule has 0 aliphatic heterocycles. The monoisotopic (exact) mass is 323 g/mol. The van der Waals surface area contributed by atoms with Crippen LogP contribution < -0.4 is 5.32 Å². The van der Waals surface area contributed by atoms with Gasteiger partial charge in [-0.25, -0.2) is 4.79 Å². The predicted octanol–water partition coefficient (Wildman–Crippen LogP) is 2.99. The standard InChI is InChI=1S/C20H21NO3/c1-2-24-20(23)18(15-17-11-7-4-8-12-17)21-19(22)14-13-16-9-5-3-6-10-16/h3-14,18H,2,15H2,1H3,(H,21,22)/t18-/m0/s1. The van der Waals surface area contributed by atoms with Gasteiger partial charge < -0.3 is 10.1 Å². The molecule has 0 heterocycles. The Morgan fingerprint density at radius 2 is 1.67 bits per heavy atom. The Kier molecular flexibility index (Phi) is 6.77. The Morgan fingerprint density at radius 1 is 1.04 bits per heavy atom. The molecule has 0 aliphatic carbocycles. The summed E-state index contributed by atoms with van der Waals surface area (Å²) in [5.74, 6) is -0.754. The minimum atomic E-state index is -0.708. The van der Waals surface area contributed by atoms with Crippen LogP contribution in [0.1, 0.15) is 18.1 Å². The Bertz CT molecular complexity index is 681. The first-order valence-electron chi connectivity index (χ1n) is 7.93. The van der Waals surface area contributed by atoms with E-state index in [9.17, 15) is 9.59 Å². The number of hydrogen-bond donors (Lipinski definition) is 1. The number of amides is 1. The van der Waals surface area contributed by atoms with Crippen molar-refractivity contribution in [2.24, 2.45) is 0 Å². The van der Waals surface area contributed by atoms with Crippen molar-refractivity contribution in [3.63, 3.8) is 0 Å². The lowest BCUT2D eigenvalue weighted by molar-refractivity contribution is -0.146. The molecule has 1 amide bonds. The second-order valence-electron chi connectivity index (χ2n) is 5.25. The molecular formula is C20H21NO3. The first kappa shape index (κ1) is 17.5. The van der Waals surface area contributed by atoms with E-state index in [1.165, 1.54) is 6.08 Å². The predicted molar refractivity (Wildman–Crippen MR) is 94.2 cm³/mol. The summed E-state index contributed by atoms with van der Waals surface area (Å²) in [7, 11) is 0. The summed E-state index contributed by atoms with van der Waals surface area (Å²) in [6, 6.07) is 18.3. The topological polar surface area (TPSA) is 55.4 Å². The van der Waals surface area contributed by atoms with Crippen LogP contribution in [0.15, 0.2) is 66.7 Å². The van der Waals surface area contributed by atoms with Gasteiger partial charge in [-0.2, -0.15) is 0 Å². The summed E-state index contributed by atoms with van der Waals surface area (Å²) in [6.07, 6.45) is 3.53. The highest BCUT2D eigenvalue weighted by Crippen LogP contribution is 2.06. The van der Waals surface area contributed by atoms with Gasteiger partial charge in [-0.05, 0) is 24.1 Å². The zero-order chi connectivity index (χ0) is 17.2. The van der Waals surface area contributed by atoms with E-state index < -0.39 is 12.0 Å². The van der Waals surface area contributed by atoms with Gasteiger partial charge >= 0.3 is 5.97 Å². The van der Waals surface area contributed by atoms with Crippen molar-refractivity contribution in [3.05, 3.63) is 77.9 Å². The molecule has 0 aromatic heterocycles. The zero-order valence-electron chi connectivity index (χ0n) is 13.6. The summed E-state index contributed by atoms with van der Waals surface area (Å²) in [5.41, 5.74) is 1.88. The number of carbonyl (C=O) groups is 2. The third kappa shape index (κ3) is 5.72. The molecule has 2 aromatic rings. The fourth-order valence-electron chi connectivity index (χ4n) is 2.24. The van der Waals surface area contributed by atoms with Crippen molar-refractivity contribution in [1.29, 1.82) is 0 Å². The minimum Gasteiger partial charge on any atom is -0.464 e. The molecule has 1 atom stereocenters. The molecule has 4 nitrogen and oxygen atoms in total. The maximum atomic E-state index is 12.1. The molecule has 0 saturated carbocycles. The maximum absolute atomic E-state index is 12.1. The van der Waals surface area contributed by atoms with Crippen LogP contribution in [0.4, 0.5) is 0 Å². The first-order valence-corrected chi connectivity index (χ1v) is 7.93. The molecule has 0 spiro atoms. The lowest BCUT2D eigenvalue weighted by Crippen LogP contribution is -2.42. The average molecular weight is 323 g/mol. The molecule has 0 radical (unpaired) electrons. The van der Waals surface area contributed by atoms with Gasteiger partial charge in [0, 0.05) is 12.5 Å². The lowest BCUT2D eigenvalue weighted by Gasteiger charge is -2.16. The minimum absolute atomic E-state index is 0.278. The number of benzene rings is 2. The number of esters is 1. The molecular weight excluding hydrogens is 302 g/mol. The fourth-order valence-corrected chi connectivity index (χ4v) is 2.24. The summed E-state index contributed by atoms with van der Waals surface area (Å²) in [4.78, 5) is 24.2. The molecule has 0 bridgehead atoms. The fraction of sp³-hybridized carbons (Fsp3) is 0.200. The Labute approximate surface area is 142 Å². The molecule has 0 fully saturated rings. The normalized spacial score (nSPS) is 11.9. The summed E-state index contributed by atoms with van der Waals surface area (Å²) in [6.45, 7) is 2.02. The smallest absolute Gasteiger partial charge is 0.328 e. The lowest BCUT2D eigenvalue weighted by atomic mass is 10.1. The molecule has 1 N–H and O–H groups in total. The third-order valence-corrected chi connectivity index (χ3v) is 3.40. The second-order valence-corrected chi connectivity index (χ2v) is 5.25. The molecule has 0 aliphatic rings. The van der Waals surface area contributed by atoms with Crippen LogP contribution >= 0.6 is 0 Å². The largest absolute Gasteiger partial charge is 0.464 e. The molecule has 24 heavy (non-hydrogen) atoms. The molecule has 0 saturated heterocycles. The molecule has 0 unspecified atom stereocenters. The van der Waals surface area contributed by atoms with E-state index in [2.05, 4.69) is 5.32 Å². The quantitative estimate of drug-likeness (QED) is 0.629. The van der Waals surface area contributed by atoms with E-state index in [0.717, 1.165) is 11.1 Å². The van der Waals surface area contributed by atoms with Gasteiger partial charge in [-0.3, -0.25) is 4.79 Å². The number of nitrogens with one attached hydrogen (secondary N) is 1. The number of carbonyl (C=O) groups excluding carboxylic acids is 2. The van der Waals surface area contributed by atoms with Crippen LogP contribution in [0.5, 0.6) is 0 Å². The highest BCUT2D eigenvalue weighted by Gasteiger charge is 2.21. The first-order chi connectivity index (χ1) is 11.7. The Morgan fingerprint density at radius 3 is 2.29 bits per heavy atom. The number of rotatable bonds is 7. The van der Waals surface area contributed by atoms with Gasteiger partial charge in [-0.15, -0.1) is 0 Å². The third-order valence-electron chi connectivity index (χ3n) is 3.40. The van der Waals surface area contributed by atoms with E-state index in [0.29, 0.717) is 6.42 Å². The van der Waals surface area contributed by atoms with Crippen LogP contribution in [0.3, 0.4) is 0 Å². The average Bonchev–Trinajstić information content (AvgIpc) is 2.61. The SMILES string of the molecule is CCOC(=O)[C@H](Cc1ccccc1)NC(=O)C=Cc1ccccc1. The van der Waals surface area contributed by atoms with E-state index in [1.54, 1.807) is 13.0 Å². The molecule has 2 aromatic carbocycles. The molecule has 124 valence electrons. The second kappa shape index (κ2) is 9.30. The highest BCUT2D eigenvalue weighted by atomic mass is 16.5. The van der Waals surface area contributed by atoms with Gasteiger partial charge in [0.25, 0.3) is 0 Å². The van der Waals surface area contributed by atoms with Crippen molar-refractivity contribution in [1.82, 2.24) is 5.32 Å². The van der Waals surface area contributed by atoms with E-state index >= 15 is 0 Å². The number of ether oxygens (including phenoxy) is 1. The number of hydrogen-bond acceptors (Lipinski definition) is 3. The highest BCUT2D eigenvalue weighted by molar-refractivity contribution is 5.94. The summed E-state index contributed by atoms with van der Waals surface area (Å²) >= 11 is 0. The van der Waals surface area contributed by atoms with Crippen molar-refractivity contribution in [3.8, 4) is 0 Å². The zero-order valence-corrected chi connectivity index (χ0v) is 13.6. The van der Waals surface area contributed by atoms with Crippen molar-refractivity contribution in [2.75, 3.05) is 6.61 Å². The van der Waals surface area contributed by atoms with Crippen LogP contribution in [0.25, 0.3) is 6.08 Å². The Hall–Kier alpha value is -2.88. The van der Waals surface area contributed by atoms with Crippen LogP contribution in [0, 0.1) is 0 Å². The van der Waals surface area contributed by atoms with E-state index in [-0.39, 0.29) is 12.5 Å². The van der Waals surface area contributed by atoms with Crippen LogP contribution in [-0.2, 0) is 20.7 Å². The van der Waals surface area contributed by atoms with Gasteiger partial charge in [0.2, 0.25) is 5.91 Å². The van der Waals surface area contributed by atoms with Crippen molar-refractivity contribution < 1.29 is 14.3 Å². The van der Waals surface area contributed by atoms with Gasteiger partial charge in [0.15, 0.2) is 0 Å². The van der Waals surface area contributed by atoms with Crippen LogP contribution in [0.2, 0.25) is 0 Å². The van der Waals surface area contributed by atoms with Crippen molar-refractivity contribution in [2.45, 2.75) is 19.4 Å². The van der Waals surface area contributed by atoms with E-state index in [4.69, 9.17) is 4.74 Å². The maximum Gasteiger partial charge on any atom is 0.328 e. The Balaban J connectivity index is 2.02. The molecule has 4 heteroatoms. The summed E-state index contributed by atoms with van der Waals surface area (Å²) < 4.78 is 5.06. The van der Waals surface area contributed by atoms with Gasteiger partial charge in [-0.1, -0.05) is 60.7 Å². The van der Waals surface area contributed by atoms with Crippen LogP contribution in [-0.4, -0.2) is 24.5 Å². The van der Waals surface area contributed by atoms with Gasteiger partial charge in [0.05, 0.1) is 6.61 Å².